The molecule has 1 aromatic carbocycles. The molecule has 0 saturated heterocycles. The van der Waals surface area contributed by atoms with Crippen LogP contribution in [0.2, 0.25) is 0 Å². The van der Waals surface area contributed by atoms with Gasteiger partial charge in [-0.15, -0.1) is 4.91 Å². The first kappa shape index (κ1) is 7.68. The average molecular weight is 153 g/mol. The zero-order valence-corrected chi connectivity index (χ0v) is 5.68. The molecular weight excluding hydrogens is 146 g/mol. The van der Waals surface area contributed by atoms with E-state index in [0.29, 0.717) is 5.56 Å². The summed E-state index contributed by atoms with van der Waals surface area (Å²) < 4.78 is 0. The first-order valence-electron chi connectivity index (χ1n) is 3.06. The Hall–Kier alpha value is -1.42. The fourth-order valence-electron chi connectivity index (χ4n) is 0.719. The summed E-state index contributed by atoms with van der Waals surface area (Å²) in [6.07, 6.45) is -1.26. The molecule has 0 radical (unpaired) electrons. The highest BCUT2D eigenvalue weighted by atomic mass is 16.8. The van der Waals surface area contributed by atoms with Gasteiger partial charge in [0.25, 0.3) is 6.29 Å². The van der Waals surface area contributed by atoms with E-state index in [0.717, 1.165) is 0 Å². The summed E-state index contributed by atoms with van der Waals surface area (Å²) in [6, 6.07) is 8.52. The van der Waals surface area contributed by atoms with Crippen molar-refractivity contribution in [2.75, 3.05) is 0 Å². The molecule has 0 heterocycles. The Kier molecular flexibility index (Phi) is 2.57. The van der Waals surface area contributed by atoms with Crippen LogP contribution in [0.15, 0.2) is 35.7 Å². The van der Waals surface area contributed by atoms with Crippen LogP contribution < -0.4 is 0 Å². The Labute approximate surface area is 63.4 Å². The van der Waals surface area contributed by atoms with Crippen LogP contribution in [0, 0.1) is 4.91 Å². The van der Waals surface area contributed by atoms with Crippen LogP contribution in [-0.2, 0) is 4.84 Å². The molecule has 11 heavy (non-hydrogen) atoms. The predicted octanol–water partition coefficient (Wildman–Crippen LogP) is 1.38. The van der Waals surface area contributed by atoms with Crippen LogP contribution in [0.3, 0.4) is 0 Å². The van der Waals surface area contributed by atoms with Crippen molar-refractivity contribution in [3.05, 3.63) is 40.8 Å². The Morgan fingerprint density at radius 1 is 1.36 bits per heavy atom. The van der Waals surface area contributed by atoms with Gasteiger partial charge in [0.1, 0.15) is 0 Å². The standard InChI is InChI=1S/C7H7NO3/c9-7(11-8-10)6-4-2-1-3-5-6/h1-5,7,9H. The third-order valence-corrected chi connectivity index (χ3v) is 1.23. The summed E-state index contributed by atoms with van der Waals surface area (Å²) >= 11 is 0. The first-order chi connectivity index (χ1) is 5.34. The topological polar surface area (TPSA) is 58.9 Å². The third kappa shape index (κ3) is 2.01. The van der Waals surface area contributed by atoms with Gasteiger partial charge in [0.2, 0.25) is 0 Å². The highest BCUT2D eigenvalue weighted by Gasteiger charge is 2.06. The lowest BCUT2D eigenvalue weighted by molar-refractivity contribution is -0.104. The quantitative estimate of drug-likeness (QED) is 0.405. The molecule has 0 aliphatic carbocycles. The van der Waals surface area contributed by atoms with Crippen molar-refractivity contribution in [2.45, 2.75) is 6.29 Å². The van der Waals surface area contributed by atoms with Gasteiger partial charge in [0.15, 0.2) is 5.34 Å². The molecule has 1 N–H and O–H groups in total. The van der Waals surface area contributed by atoms with Crippen molar-refractivity contribution in [3.8, 4) is 0 Å². The molecule has 0 fully saturated rings. The molecule has 1 aromatic rings. The second-order valence-electron chi connectivity index (χ2n) is 1.94. The average Bonchev–Trinajstić information content (AvgIpc) is 2.07. The molecule has 0 amide bonds. The SMILES string of the molecule is O=NOC(O)c1ccccc1. The number of nitrogens with zero attached hydrogens (tertiary/aromatic N) is 1. The number of hydrogen-bond donors (Lipinski definition) is 1. The lowest BCUT2D eigenvalue weighted by Crippen LogP contribution is -1.97. The number of benzene rings is 1. The minimum Gasteiger partial charge on any atom is -0.353 e. The fourth-order valence-corrected chi connectivity index (χ4v) is 0.719. The molecule has 0 bridgehead atoms. The Morgan fingerprint density at radius 2 is 2.00 bits per heavy atom. The van der Waals surface area contributed by atoms with Crippen molar-refractivity contribution < 1.29 is 9.94 Å². The maximum atomic E-state index is 9.56. The second-order valence-corrected chi connectivity index (χ2v) is 1.94. The first-order valence-corrected chi connectivity index (χ1v) is 3.06. The number of rotatable bonds is 3. The molecular formula is C7H7NO3. The van der Waals surface area contributed by atoms with E-state index in [1.54, 1.807) is 30.3 Å². The smallest absolute Gasteiger partial charge is 0.254 e. The van der Waals surface area contributed by atoms with Gasteiger partial charge in [-0.1, -0.05) is 30.3 Å². The molecule has 0 saturated carbocycles. The number of aliphatic hydroxyl groups excluding tert-OH is 1. The molecule has 4 heteroatoms. The summed E-state index contributed by atoms with van der Waals surface area (Å²) in [5.74, 6) is 0. The van der Waals surface area contributed by atoms with E-state index in [1.807, 2.05) is 0 Å². The zero-order valence-electron chi connectivity index (χ0n) is 5.68. The van der Waals surface area contributed by atoms with E-state index in [9.17, 15) is 4.91 Å². The maximum absolute atomic E-state index is 9.56. The highest BCUT2D eigenvalue weighted by Crippen LogP contribution is 2.12. The van der Waals surface area contributed by atoms with Crippen LogP contribution in [0.25, 0.3) is 0 Å². The van der Waals surface area contributed by atoms with Gasteiger partial charge in [0, 0.05) is 5.56 Å². The lowest BCUT2D eigenvalue weighted by Gasteiger charge is -2.04. The van der Waals surface area contributed by atoms with Crippen LogP contribution in [0.5, 0.6) is 0 Å². The highest BCUT2D eigenvalue weighted by molar-refractivity contribution is 5.15. The van der Waals surface area contributed by atoms with E-state index >= 15 is 0 Å². The fraction of sp³-hybridized carbons (Fsp3) is 0.143. The van der Waals surface area contributed by atoms with E-state index in [1.165, 1.54) is 0 Å². The molecule has 4 nitrogen and oxygen atoms in total. The van der Waals surface area contributed by atoms with E-state index < -0.39 is 6.29 Å². The van der Waals surface area contributed by atoms with Crippen molar-refractivity contribution in [1.82, 2.24) is 0 Å². The van der Waals surface area contributed by atoms with E-state index in [2.05, 4.69) is 10.2 Å². The van der Waals surface area contributed by atoms with E-state index in [4.69, 9.17) is 5.11 Å². The van der Waals surface area contributed by atoms with Crippen LogP contribution in [0.4, 0.5) is 0 Å². The summed E-state index contributed by atoms with van der Waals surface area (Å²) in [5, 5.41) is 11.1. The van der Waals surface area contributed by atoms with Crippen molar-refractivity contribution in [3.63, 3.8) is 0 Å². The molecule has 58 valence electrons. The van der Waals surface area contributed by atoms with E-state index in [-0.39, 0.29) is 0 Å². The molecule has 1 rings (SSSR count). The van der Waals surface area contributed by atoms with Gasteiger partial charge in [-0.25, -0.2) is 0 Å². The van der Waals surface area contributed by atoms with Gasteiger partial charge in [0.05, 0.1) is 0 Å². The molecule has 1 unspecified atom stereocenters. The molecule has 0 spiro atoms. The molecule has 0 aliphatic heterocycles. The predicted molar refractivity (Wildman–Crippen MR) is 38.3 cm³/mol. The van der Waals surface area contributed by atoms with Crippen molar-refractivity contribution >= 4 is 0 Å². The minimum absolute atomic E-state index is 0.507. The van der Waals surface area contributed by atoms with Gasteiger partial charge in [-0.05, 0) is 0 Å². The summed E-state index contributed by atoms with van der Waals surface area (Å²) in [7, 11) is 0. The lowest BCUT2D eigenvalue weighted by atomic mass is 10.2. The summed E-state index contributed by atoms with van der Waals surface area (Å²) in [4.78, 5) is 13.6. The molecule has 0 aromatic heterocycles. The normalized spacial score (nSPS) is 12.1. The van der Waals surface area contributed by atoms with Gasteiger partial charge in [-0.2, -0.15) is 0 Å². The van der Waals surface area contributed by atoms with Crippen LogP contribution in [0.1, 0.15) is 11.9 Å². The number of aliphatic hydroxyl groups is 1. The zero-order chi connectivity index (χ0) is 8.10. The molecule has 1 atom stereocenters. The minimum atomic E-state index is -1.26. The largest absolute Gasteiger partial charge is 0.353 e. The third-order valence-electron chi connectivity index (χ3n) is 1.23. The van der Waals surface area contributed by atoms with Gasteiger partial charge < -0.3 is 9.94 Å². The Bertz CT molecular complexity index is 224. The summed E-state index contributed by atoms with van der Waals surface area (Å²) in [6.45, 7) is 0. The Morgan fingerprint density at radius 3 is 2.55 bits per heavy atom. The van der Waals surface area contributed by atoms with Crippen molar-refractivity contribution in [1.29, 1.82) is 0 Å². The van der Waals surface area contributed by atoms with Crippen molar-refractivity contribution in [2.24, 2.45) is 5.34 Å². The van der Waals surface area contributed by atoms with Gasteiger partial charge in [-0.3, -0.25) is 0 Å². The second kappa shape index (κ2) is 3.68. The monoisotopic (exact) mass is 153 g/mol. The van der Waals surface area contributed by atoms with Crippen LogP contribution >= 0.6 is 0 Å². The number of hydrogen-bond acceptors (Lipinski definition) is 4. The Balaban J connectivity index is 2.68. The maximum Gasteiger partial charge on any atom is 0.254 e. The van der Waals surface area contributed by atoms with Gasteiger partial charge >= 0.3 is 0 Å². The van der Waals surface area contributed by atoms with Crippen LogP contribution in [-0.4, -0.2) is 5.11 Å². The summed E-state index contributed by atoms with van der Waals surface area (Å²) in [5.41, 5.74) is 0.507. The molecule has 0 aliphatic rings.